The van der Waals surface area contributed by atoms with E-state index in [9.17, 15) is 8.42 Å². The topological polar surface area (TPSA) is 73.0 Å². The van der Waals surface area contributed by atoms with Crippen LogP contribution in [-0.2, 0) is 23.6 Å². The molecule has 20 heavy (non-hydrogen) atoms. The summed E-state index contributed by atoms with van der Waals surface area (Å²) in [5.41, 5.74) is 0. The van der Waals surface area contributed by atoms with Crippen LogP contribution in [0.4, 0.5) is 0 Å². The number of sulfonamides is 1. The van der Waals surface area contributed by atoms with Crippen LogP contribution in [0.1, 0.15) is 12.8 Å². The van der Waals surface area contributed by atoms with E-state index in [1.807, 2.05) is 10.8 Å². The normalized spacial score (nSPS) is 20.6. The highest BCUT2D eigenvalue weighted by Gasteiger charge is 2.35. The molecule has 7 nitrogen and oxygen atoms in total. The van der Waals surface area contributed by atoms with Crippen LogP contribution in [0, 0.1) is 0 Å². The molecule has 1 atom stereocenters. The predicted molar refractivity (Wildman–Crippen MR) is 72.3 cm³/mol. The van der Waals surface area contributed by atoms with Gasteiger partial charge in [-0.3, -0.25) is 4.68 Å². The monoisotopic (exact) mass is 295 g/mol. The summed E-state index contributed by atoms with van der Waals surface area (Å²) < 4.78 is 30.3. The Kier molecular flexibility index (Phi) is 3.35. The van der Waals surface area contributed by atoms with Crippen LogP contribution < -0.4 is 0 Å². The first-order valence-corrected chi connectivity index (χ1v) is 7.97. The van der Waals surface area contributed by atoms with Crippen molar-refractivity contribution in [2.24, 2.45) is 7.05 Å². The fraction of sp³-hybridized carbons (Fsp3) is 0.500. The molecular weight excluding hydrogens is 278 g/mol. The Hall–Kier alpha value is -1.67. The van der Waals surface area contributed by atoms with E-state index in [4.69, 9.17) is 0 Å². The Morgan fingerprint density at radius 3 is 2.95 bits per heavy atom. The number of hydrogen-bond acceptors (Lipinski definition) is 4. The van der Waals surface area contributed by atoms with Crippen LogP contribution in [0.25, 0.3) is 0 Å². The van der Waals surface area contributed by atoms with Gasteiger partial charge in [0.15, 0.2) is 0 Å². The third kappa shape index (κ3) is 2.36. The van der Waals surface area contributed by atoms with Crippen LogP contribution in [0.15, 0.2) is 36.0 Å². The van der Waals surface area contributed by atoms with Crippen molar-refractivity contribution in [2.45, 2.75) is 30.3 Å². The Labute approximate surface area is 117 Å². The van der Waals surface area contributed by atoms with Gasteiger partial charge >= 0.3 is 0 Å². The van der Waals surface area contributed by atoms with E-state index in [1.54, 1.807) is 30.1 Å². The van der Waals surface area contributed by atoms with Gasteiger partial charge in [0, 0.05) is 44.8 Å². The molecule has 8 heteroatoms. The maximum absolute atomic E-state index is 12.6. The molecule has 0 bridgehead atoms. The zero-order chi connectivity index (χ0) is 14.2. The van der Waals surface area contributed by atoms with Crippen molar-refractivity contribution in [2.75, 3.05) is 6.54 Å². The summed E-state index contributed by atoms with van der Waals surface area (Å²) in [4.78, 5) is 4.26. The van der Waals surface area contributed by atoms with Gasteiger partial charge in [0.25, 0.3) is 0 Å². The van der Waals surface area contributed by atoms with Gasteiger partial charge in [-0.2, -0.15) is 9.40 Å². The molecule has 0 aliphatic carbocycles. The van der Waals surface area contributed by atoms with Gasteiger partial charge in [-0.05, 0) is 12.8 Å². The molecule has 3 rings (SSSR count). The van der Waals surface area contributed by atoms with Gasteiger partial charge < -0.3 is 4.57 Å². The van der Waals surface area contributed by atoms with Gasteiger partial charge in [-0.1, -0.05) is 0 Å². The van der Waals surface area contributed by atoms with Crippen molar-refractivity contribution in [1.82, 2.24) is 23.6 Å². The van der Waals surface area contributed by atoms with Crippen molar-refractivity contribution >= 4 is 10.0 Å². The highest BCUT2D eigenvalue weighted by atomic mass is 32.2. The molecule has 2 aromatic heterocycles. The quantitative estimate of drug-likeness (QED) is 0.822. The molecule has 0 N–H and O–H groups in total. The Morgan fingerprint density at radius 2 is 2.30 bits per heavy atom. The molecule has 0 spiro atoms. The van der Waals surface area contributed by atoms with Gasteiger partial charge in [-0.15, -0.1) is 0 Å². The van der Waals surface area contributed by atoms with Crippen LogP contribution in [0.2, 0.25) is 0 Å². The SMILES string of the molecule is Cn1cc(S(=O)(=O)N2CCC[C@@H]2Cn2ccnc2)cn1. The van der Waals surface area contributed by atoms with Crippen molar-refractivity contribution in [3.8, 4) is 0 Å². The van der Waals surface area contributed by atoms with E-state index in [-0.39, 0.29) is 10.9 Å². The summed E-state index contributed by atoms with van der Waals surface area (Å²) in [5, 5.41) is 3.95. The first-order chi connectivity index (χ1) is 9.57. The molecule has 1 saturated heterocycles. The molecule has 0 unspecified atom stereocenters. The predicted octanol–water partition coefficient (Wildman–Crippen LogP) is 0.470. The van der Waals surface area contributed by atoms with E-state index in [1.165, 1.54) is 10.9 Å². The van der Waals surface area contributed by atoms with E-state index in [0.717, 1.165) is 12.8 Å². The summed E-state index contributed by atoms with van der Waals surface area (Å²) in [7, 11) is -1.74. The third-order valence-corrected chi connectivity index (χ3v) is 5.50. The van der Waals surface area contributed by atoms with E-state index < -0.39 is 10.0 Å². The number of rotatable bonds is 4. The maximum Gasteiger partial charge on any atom is 0.246 e. The standard InChI is InChI=1S/C12H17N5O2S/c1-15-9-12(7-14-15)20(18,19)17-5-2-3-11(17)8-16-6-4-13-10-16/h4,6-7,9-11H,2-3,5,8H2,1H3/t11-/m1/s1. The zero-order valence-corrected chi connectivity index (χ0v) is 12.1. The lowest BCUT2D eigenvalue weighted by Gasteiger charge is -2.23. The van der Waals surface area contributed by atoms with Crippen LogP contribution in [0.3, 0.4) is 0 Å². The zero-order valence-electron chi connectivity index (χ0n) is 11.3. The van der Waals surface area contributed by atoms with E-state index in [2.05, 4.69) is 10.1 Å². The number of aromatic nitrogens is 4. The number of nitrogens with zero attached hydrogens (tertiary/aromatic N) is 5. The fourth-order valence-corrected chi connectivity index (χ4v) is 4.28. The molecule has 0 radical (unpaired) electrons. The summed E-state index contributed by atoms with van der Waals surface area (Å²) >= 11 is 0. The molecule has 2 aromatic rings. The van der Waals surface area contributed by atoms with Crippen LogP contribution >= 0.6 is 0 Å². The second-order valence-corrected chi connectivity index (χ2v) is 6.91. The molecule has 108 valence electrons. The lowest BCUT2D eigenvalue weighted by molar-refractivity contribution is 0.352. The summed E-state index contributed by atoms with van der Waals surface area (Å²) in [6, 6.07) is -0.0191. The summed E-state index contributed by atoms with van der Waals surface area (Å²) in [5.74, 6) is 0. The minimum atomic E-state index is -3.45. The van der Waals surface area contributed by atoms with Gasteiger partial charge in [0.05, 0.1) is 12.5 Å². The summed E-state index contributed by atoms with van der Waals surface area (Å²) in [6.45, 7) is 1.20. The van der Waals surface area contributed by atoms with Gasteiger partial charge in [-0.25, -0.2) is 13.4 Å². The fourth-order valence-electron chi connectivity index (χ4n) is 2.61. The lowest BCUT2D eigenvalue weighted by Crippen LogP contribution is -2.37. The van der Waals surface area contributed by atoms with Crippen LogP contribution in [0.5, 0.6) is 0 Å². The molecule has 0 aromatic carbocycles. The third-order valence-electron chi connectivity index (χ3n) is 3.59. The second-order valence-electron chi connectivity index (χ2n) is 5.02. The first-order valence-electron chi connectivity index (χ1n) is 6.53. The Balaban J connectivity index is 1.84. The smallest absolute Gasteiger partial charge is 0.246 e. The molecule has 1 aliphatic heterocycles. The Bertz CT molecular complexity index is 677. The number of aryl methyl sites for hydroxylation is 1. The Morgan fingerprint density at radius 1 is 1.45 bits per heavy atom. The first kappa shape index (κ1) is 13.3. The van der Waals surface area contributed by atoms with Gasteiger partial charge in [0.2, 0.25) is 10.0 Å². The molecule has 0 amide bonds. The van der Waals surface area contributed by atoms with E-state index >= 15 is 0 Å². The van der Waals surface area contributed by atoms with Crippen molar-refractivity contribution < 1.29 is 8.42 Å². The highest BCUT2D eigenvalue weighted by molar-refractivity contribution is 7.89. The number of imidazole rings is 1. The largest absolute Gasteiger partial charge is 0.336 e. The minimum Gasteiger partial charge on any atom is -0.336 e. The highest BCUT2D eigenvalue weighted by Crippen LogP contribution is 2.26. The maximum atomic E-state index is 12.6. The molecule has 1 aliphatic rings. The van der Waals surface area contributed by atoms with Crippen LogP contribution in [-0.4, -0.2) is 44.6 Å². The average molecular weight is 295 g/mol. The van der Waals surface area contributed by atoms with Crippen molar-refractivity contribution in [3.63, 3.8) is 0 Å². The molecule has 0 saturated carbocycles. The summed E-state index contributed by atoms with van der Waals surface area (Å²) in [6.07, 6.45) is 9.98. The molecular formula is C12H17N5O2S. The van der Waals surface area contributed by atoms with Gasteiger partial charge in [0.1, 0.15) is 4.90 Å². The molecule has 1 fully saturated rings. The second kappa shape index (κ2) is 5.02. The minimum absolute atomic E-state index is 0.0191. The lowest BCUT2D eigenvalue weighted by atomic mass is 10.2. The van der Waals surface area contributed by atoms with Crippen molar-refractivity contribution in [1.29, 1.82) is 0 Å². The number of hydrogen-bond donors (Lipinski definition) is 0. The van der Waals surface area contributed by atoms with E-state index in [0.29, 0.717) is 13.1 Å². The molecule has 3 heterocycles. The van der Waals surface area contributed by atoms with Crippen molar-refractivity contribution in [3.05, 3.63) is 31.1 Å². The average Bonchev–Trinajstić information content (AvgIpc) is 3.10.